The molecule has 0 spiro atoms. The Balaban J connectivity index is 2.42. The predicted molar refractivity (Wildman–Crippen MR) is 80.6 cm³/mol. The molecule has 2 aromatic rings. The zero-order valence-electron chi connectivity index (χ0n) is 11.5. The van der Waals surface area contributed by atoms with Crippen LogP contribution in [0.3, 0.4) is 0 Å². The van der Waals surface area contributed by atoms with E-state index < -0.39 is 10.0 Å². The highest BCUT2D eigenvalue weighted by Gasteiger charge is 2.20. The highest BCUT2D eigenvalue weighted by molar-refractivity contribution is 7.92. The predicted octanol–water partition coefficient (Wildman–Crippen LogP) is 1.75. The van der Waals surface area contributed by atoms with Crippen molar-refractivity contribution in [2.45, 2.75) is 13.5 Å². The van der Waals surface area contributed by atoms with Gasteiger partial charge in [0.05, 0.1) is 18.5 Å². The Morgan fingerprint density at radius 3 is 2.40 bits per heavy atom. The summed E-state index contributed by atoms with van der Waals surface area (Å²) in [6.45, 7) is 2.08. The first-order valence-electron chi connectivity index (χ1n) is 5.93. The van der Waals surface area contributed by atoms with Gasteiger partial charge in [0.2, 0.25) is 10.0 Å². The number of hydrogen-bond donors (Lipinski definition) is 1. The van der Waals surface area contributed by atoms with Gasteiger partial charge in [-0.05, 0) is 31.3 Å². The number of aryl methyl sites for hydroxylation is 1. The van der Waals surface area contributed by atoms with Gasteiger partial charge < -0.3 is 4.57 Å². The van der Waals surface area contributed by atoms with Gasteiger partial charge in [-0.2, -0.15) is 5.10 Å². The third-order valence-corrected chi connectivity index (χ3v) is 4.49. The first-order chi connectivity index (χ1) is 9.29. The second-order valence-corrected chi connectivity index (χ2v) is 6.90. The quantitative estimate of drug-likeness (QED) is 0.873. The normalized spacial score (nSPS) is 11.6. The number of nitrogens with one attached hydrogen (secondary N) is 1. The summed E-state index contributed by atoms with van der Waals surface area (Å²) in [4.78, 5) is 0. The van der Waals surface area contributed by atoms with E-state index in [2.05, 4.69) is 10.2 Å². The van der Waals surface area contributed by atoms with Crippen molar-refractivity contribution in [2.24, 2.45) is 7.05 Å². The number of rotatable bonds is 4. The summed E-state index contributed by atoms with van der Waals surface area (Å²) < 4.78 is 27.4. The summed E-state index contributed by atoms with van der Waals surface area (Å²) >= 11 is 5.03. The molecule has 2 rings (SSSR count). The Morgan fingerprint density at radius 1 is 1.35 bits per heavy atom. The van der Waals surface area contributed by atoms with Gasteiger partial charge in [-0.1, -0.05) is 17.7 Å². The molecular weight excluding hydrogens is 296 g/mol. The highest BCUT2D eigenvalue weighted by Crippen LogP contribution is 2.20. The zero-order valence-corrected chi connectivity index (χ0v) is 13.1. The minimum Gasteiger partial charge on any atom is -0.306 e. The summed E-state index contributed by atoms with van der Waals surface area (Å²) in [5.41, 5.74) is 1.67. The summed E-state index contributed by atoms with van der Waals surface area (Å²) in [6, 6.07) is 7.29. The smallest absolute Gasteiger partial charge is 0.232 e. The van der Waals surface area contributed by atoms with Crippen LogP contribution in [0.5, 0.6) is 0 Å². The maximum absolute atomic E-state index is 12.0. The van der Waals surface area contributed by atoms with Crippen molar-refractivity contribution in [3.8, 4) is 0 Å². The molecule has 0 atom stereocenters. The minimum atomic E-state index is -3.40. The number of sulfonamides is 1. The molecule has 6 nitrogen and oxygen atoms in total. The Kier molecular flexibility index (Phi) is 3.96. The van der Waals surface area contributed by atoms with E-state index in [-0.39, 0.29) is 6.54 Å². The molecule has 1 N–H and O–H groups in total. The fourth-order valence-electron chi connectivity index (χ4n) is 1.76. The molecule has 0 saturated heterocycles. The zero-order chi connectivity index (χ0) is 14.9. The van der Waals surface area contributed by atoms with E-state index in [0.29, 0.717) is 16.3 Å². The molecule has 20 heavy (non-hydrogen) atoms. The SMILES string of the molecule is Cc1ccc(N(Cc2n[nH]c(=S)n2C)S(C)(=O)=O)cc1. The molecule has 0 bridgehead atoms. The molecule has 0 aliphatic heterocycles. The number of nitrogens with zero attached hydrogens (tertiary/aromatic N) is 3. The Bertz CT molecular complexity index is 760. The molecule has 108 valence electrons. The van der Waals surface area contributed by atoms with Crippen LogP contribution in [0, 0.1) is 11.7 Å². The lowest BCUT2D eigenvalue weighted by molar-refractivity contribution is 0.594. The van der Waals surface area contributed by atoms with Crippen molar-refractivity contribution in [3.05, 3.63) is 40.4 Å². The van der Waals surface area contributed by atoms with Crippen molar-refractivity contribution in [1.29, 1.82) is 0 Å². The summed E-state index contributed by atoms with van der Waals surface area (Å²) in [7, 11) is -1.66. The van der Waals surface area contributed by atoms with Crippen LogP contribution in [-0.2, 0) is 23.6 Å². The lowest BCUT2D eigenvalue weighted by atomic mass is 10.2. The number of aromatic nitrogens is 3. The molecule has 1 heterocycles. The fraction of sp³-hybridized carbons (Fsp3) is 0.333. The van der Waals surface area contributed by atoms with Crippen molar-refractivity contribution < 1.29 is 8.42 Å². The van der Waals surface area contributed by atoms with E-state index in [4.69, 9.17) is 12.2 Å². The van der Waals surface area contributed by atoms with Gasteiger partial charge in [-0.25, -0.2) is 8.42 Å². The molecule has 0 aliphatic carbocycles. The number of aromatic amines is 1. The Morgan fingerprint density at radius 2 is 1.95 bits per heavy atom. The van der Waals surface area contributed by atoms with Gasteiger partial charge in [0.15, 0.2) is 10.6 Å². The number of anilines is 1. The lowest BCUT2D eigenvalue weighted by Gasteiger charge is -2.21. The van der Waals surface area contributed by atoms with E-state index in [0.717, 1.165) is 5.56 Å². The van der Waals surface area contributed by atoms with E-state index in [1.54, 1.807) is 23.7 Å². The minimum absolute atomic E-state index is 0.130. The maximum atomic E-state index is 12.0. The van der Waals surface area contributed by atoms with Crippen molar-refractivity contribution in [2.75, 3.05) is 10.6 Å². The second-order valence-electron chi connectivity index (χ2n) is 4.61. The molecule has 1 aromatic heterocycles. The summed E-state index contributed by atoms with van der Waals surface area (Å²) in [5, 5.41) is 6.70. The van der Waals surface area contributed by atoms with Gasteiger partial charge in [0.25, 0.3) is 0 Å². The number of H-pyrrole nitrogens is 1. The Labute approximate surface area is 123 Å². The first-order valence-corrected chi connectivity index (χ1v) is 8.19. The van der Waals surface area contributed by atoms with Crippen molar-refractivity contribution in [1.82, 2.24) is 14.8 Å². The van der Waals surface area contributed by atoms with E-state index in [1.165, 1.54) is 10.6 Å². The van der Waals surface area contributed by atoms with E-state index in [1.807, 2.05) is 19.1 Å². The maximum Gasteiger partial charge on any atom is 0.232 e. The van der Waals surface area contributed by atoms with Crippen molar-refractivity contribution in [3.63, 3.8) is 0 Å². The first kappa shape index (κ1) is 14.7. The van der Waals surface area contributed by atoms with Crippen LogP contribution in [0.4, 0.5) is 5.69 Å². The standard InChI is InChI=1S/C12H16N4O2S2/c1-9-4-6-10(7-5-9)16(20(3,17)18)8-11-13-14-12(19)15(11)2/h4-7H,8H2,1-3H3,(H,14,19). The summed E-state index contributed by atoms with van der Waals surface area (Å²) in [5.74, 6) is 0.556. The molecule has 0 amide bonds. The molecular formula is C12H16N4O2S2. The number of benzene rings is 1. The second kappa shape index (κ2) is 5.37. The monoisotopic (exact) mass is 312 g/mol. The topological polar surface area (TPSA) is 71.0 Å². The summed E-state index contributed by atoms with van der Waals surface area (Å²) in [6.07, 6.45) is 1.17. The highest BCUT2D eigenvalue weighted by atomic mass is 32.2. The van der Waals surface area contributed by atoms with Gasteiger partial charge in [0, 0.05) is 7.05 Å². The molecule has 0 unspecified atom stereocenters. The van der Waals surface area contributed by atoms with Crippen LogP contribution in [0.25, 0.3) is 0 Å². The van der Waals surface area contributed by atoms with Crippen molar-refractivity contribution >= 4 is 27.9 Å². The van der Waals surface area contributed by atoms with Crippen LogP contribution >= 0.6 is 12.2 Å². The Hall–Kier alpha value is -1.67. The van der Waals surface area contributed by atoms with Gasteiger partial charge in [0.1, 0.15) is 0 Å². The molecule has 0 fully saturated rings. The fourth-order valence-corrected chi connectivity index (χ4v) is 2.77. The molecule has 1 aromatic carbocycles. The molecule has 8 heteroatoms. The third kappa shape index (κ3) is 3.07. The lowest BCUT2D eigenvalue weighted by Crippen LogP contribution is -2.30. The van der Waals surface area contributed by atoms with E-state index >= 15 is 0 Å². The van der Waals surface area contributed by atoms with Gasteiger partial charge >= 0.3 is 0 Å². The van der Waals surface area contributed by atoms with E-state index in [9.17, 15) is 8.42 Å². The molecule has 0 saturated carbocycles. The van der Waals surface area contributed by atoms with Gasteiger partial charge in [-0.15, -0.1) is 0 Å². The van der Waals surface area contributed by atoms with Crippen LogP contribution in [0.1, 0.15) is 11.4 Å². The number of hydrogen-bond acceptors (Lipinski definition) is 4. The largest absolute Gasteiger partial charge is 0.306 e. The third-order valence-electron chi connectivity index (χ3n) is 2.98. The average molecular weight is 312 g/mol. The average Bonchev–Trinajstić information content (AvgIpc) is 2.67. The van der Waals surface area contributed by atoms with Crippen LogP contribution in [0.15, 0.2) is 24.3 Å². The van der Waals surface area contributed by atoms with Crippen LogP contribution < -0.4 is 4.31 Å². The molecule has 0 aliphatic rings. The molecule has 0 radical (unpaired) electrons. The van der Waals surface area contributed by atoms with Gasteiger partial charge in [-0.3, -0.25) is 9.40 Å². The van der Waals surface area contributed by atoms with Crippen LogP contribution in [-0.4, -0.2) is 29.4 Å². The van der Waals surface area contributed by atoms with Crippen LogP contribution in [0.2, 0.25) is 0 Å².